The van der Waals surface area contributed by atoms with Crippen LogP contribution in [0, 0.1) is 5.82 Å². The summed E-state index contributed by atoms with van der Waals surface area (Å²) in [6.45, 7) is 2.18. The average Bonchev–Trinajstić information content (AvgIpc) is 3.24. The number of aromatic nitrogens is 3. The SMILES string of the molecule is CN1c2nc(OC[C@@]34CCCN3C[C@H](F)C4)nc3c(F)cnc(c23)OCCC12CCC2. The summed E-state index contributed by atoms with van der Waals surface area (Å²) >= 11 is 0. The molecular formula is C22H27F2N5O2. The van der Waals surface area contributed by atoms with Crippen molar-refractivity contribution in [1.29, 1.82) is 0 Å². The van der Waals surface area contributed by atoms with Gasteiger partial charge in [-0.15, -0.1) is 0 Å². The van der Waals surface area contributed by atoms with Crippen LogP contribution in [0.15, 0.2) is 6.20 Å². The van der Waals surface area contributed by atoms with E-state index in [0.29, 0.717) is 43.3 Å². The van der Waals surface area contributed by atoms with Crippen molar-refractivity contribution in [2.24, 2.45) is 0 Å². The fraction of sp³-hybridized carbons (Fsp3) is 0.682. The van der Waals surface area contributed by atoms with Crippen molar-refractivity contribution in [1.82, 2.24) is 19.9 Å². The Labute approximate surface area is 179 Å². The van der Waals surface area contributed by atoms with Gasteiger partial charge in [-0.25, -0.2) is 13.8 Å². The second kappa shape index (κ2) is 6.85. The maximum atomic E-state index is 14.8. The molecule has 0 bridgehead atoms. The molecule has 31 heavy (non-hydrogen) atoms. The van der Waals surface area contributed by atoms with Crippen LogP contribution in [0.5, 0.6) is 11.9 Å². The quantitative estimate of drug-likeness (QED) is 0.739. The predicted octanol–water partition coefficient (Wildman–Crippen LogP) is 3.26. The van der Waals surface area contributed by atoms with Crippen molar-refractivity contribution in [2.75, 3.05) is 38.3 Å². The van der Waals surface area contributed by atoms with E-state index < -0.39 is 12.0 Å². The second-order valence-electron chi connectivity index (χ2n) is 9.56. The zero-order valence-electron chi connectivity index (χ0n) is 17.7. The Morgan fingerprint density at radius 3 is 2.90 bits per heavy atom. The lowest BCUT2D eigenvalue weighted by Gasteiger charge is -2.50. The van der Waals surface area contributed by atoms with Gasteiger partial charge in [0.15, 0.2) is 5.82 Å². The molecule has 0 N–H and O–H groups in total. The average molecular weight is 431 g/mol. The number of rotatable bonds is 3. The molecule has 166 valence electrons. The first-order chi connectivity index (χ1) is 15.0. The van der Waals surface area contributed by atoms with E-state index in [-0.39, 0.29) is 22.6 Å². The van der Waals surface area contributed by atoms with Crippen LogP contribution in [0.2, 0.25) is 0 Å². The minimum Gasteiger partial charge on any atom is -0.477 e. The Kier molecular flexibility index (Phi) is 4.29. The molecular weight excluding hydrogens is 404 g/mol. The number of halogens is 2. The van der Waals surface area contributed by atoms with E-state index >= 15 is 0 Å². The number of fused-ring (bicyclic) bond motifs is 1. The summed E-state index contributed by atoms with van der Waals surface area (Å²) in [5.41, 5.74) is -0.199. The molecule has 3 fully saturated rings. The summed E-state index contributed by atoms with van der Waals surface area (Å²) in [4.78, 5) is 17.6. The summed E-state index contributed by atoms with van der Waals surface area (Å²) in [6.07, 6.45) is 6.80. The third-order valence-electron chi connectivity index (χ3n) is 7.96. The predicted molar refractivity (Wildman–Crippen MR) is 111 cm³/mol. The van der Waals surface area contributed by atoms with E-state index in [1.807, 2.05) is 7.05 Å². The number of nitrogens with zero attached hydrogens (tertiary/aromatic N) is 5. The Morgan fingerprint density at radius 2 is 2.10 bits per heavy atom. The van der Waals surface area contributed by atoms with Gasteiger partial charge >= 0.3 is 6.01 Å². The first-order valence-electron chi connectivity index (χ1n) is 11.2. The van der Waals surface area contributed by atoms with Crippen LogP contribution in [0.25, 0.3) is 10.9 Å². The first-order valence-corrected chi connectivity index (χ1v) is 11.2. The molecule has 7 nitrogen and oxygen atoms in total. The monoisotopic (exact) mass is 431 g/mol. The molecule has 9 heteroatoms. The van der Waals surface area contributed by atoms with E-state index in [1.54, 1.807) is 0 Å². The summed E-state index contributed by atoms with van der Waals surface area (Å²) in [5, 5.41) is 0.492. The van der Waals surface area contributed by atoms with Crippen molar-refractivity contribution in [3.8, 4) is 11.9 Å². The Morgan fingerprint density at radius 1 is 1.23 bits per heavy atom. The van der Waals surface area contributed by atoms with Crippen LogP contribution < -0.4 is 14.4 Å². The standard InChI is InChI=1S/C22H27F2N5O2/c1-28-18-16-17(15(24)11-25-19(16)30-9-7-21(28)4-2-5-21)26-20(27-18)31-13-22-6-3-8-29(22)12-14(23)10-22/h11,14H,2-10,12-13H2,1H3/t14-,22+/m1/s1. The van der Waals surface area contributed by atoms with Crippen molar-refractivity contribution >= 4 is 16.7 Å². The highest BCUT2D eigenvalue weighted by Crippen LogP contribution is 2.46. The number of pyridine rings is 1. The highest BCUT2D eigenvalue weighted by Gasteiger charge is 2.49. The fourth-order valence-corrected chi connectivity index (χ4v) is 6.00. The highest BCUT2D eigenvalue weighted by atomic mass is 19.1. The van der Waals surface area contributed by atoms with Crippen molar-refractivity contribution in [3.05, 3.63) is 12.0 Å². The van der Waals surface area contributed by atoms with Gasteiger partial charge in [-0.3, -0.25) is 4.90 Å². The molecule has 0 radical (unpaired) electrons. The second-order valence-corrected chi connectivity index (χ2v) is 9.56. The number of ether oxygens (including phenoxy) is 2. The molecule has 2 aromatic rings. The van der Waals surface area contributed by atoms with E-state index in [0.717, 1.165) is 51.3 Å². The largest absolute Gasteiger partial charge is 0.477 e. The van der Waals surface area contributed by atoms with Crippen LogP contribution in [0.1, 0.15) is 44.9 Å². The van der Waals surface area contributed by atoms with Crippen LogP contribution in [-0.2, 0) is 0 Å². The molecule has 2 aromatic heterocycles. The highest BCUT2D eigenvalue weighted by molar-refractivity contribution is 5.94. The molecule has 2 atom stereocenters. The van der Waals surface area contributed by atoms with Gasteiger partial charge in [0.1, 0.15) is 29.5 Å². The third-order valence-corrected chi connectivity index (χ3v) is 7.96. The number of hydrogen-bond acceptors (Lipinski definition) is 7. The maximum absolute atomic E-state index is 14.8. The first kappa shape index (κ1) is 19.4. The van der Waals surface area contributed by atoms with Crippen LogP contribution in [-0.4, -0.2) is 70.5 Å². The van der Waals surface area contributed by atoms with Gasteiger partial charge in [-0.05, 0) is 38.6 Å². The van der Waals surface area contributed by atoms with Gasteiger partial charge in [-0.2, -0.15) is 9.97 Å². The molecule has 1 aliphatic carbocycles. The van der Waals surface area contributed by atoms with Crippen LogP contribution in [0.3, 0.4) is 0 Å². The summed E-state index contributed by atoms with van der Waals surface area (Å²) < 4.78 is 40.9. The number of alkyl halides is 1. The topological polar surface area (TPSA) is 63.6 Å². The van der Waals surface area contributed by atoms with Crippen LogP contribution >= 0.6 is 0 Å². The normalized spacial score (nSPS) is 29.4. The smallest absolute Gasteiger partial charge is 0.319 e. The molecule has 0 amide bonds. The molecule has 2 saturated heterocycles. The molecule has 6 rings (SSSR count). The van der Waals surface area contributed by atoms with E-state index in [4.69, 9.17) is 14.5 Å². The van der Waals surface area contributed by atoms with Crippen molar-refractivity contribution in [2.45, 2.75) is 62.2 Å². The van der Waals surface area contributed by atoms with E-state index in [9.17, 15) is 8.78 Å². The Bertz CT molecular complexity index is 1030. The lowest BCUT2D eigenvalue weighted by molar-refractivity contribution is 0.107. The Balaban J connectivity index is 1.40. The molecule has 1 saturated carbocycles. The Hall–Kier alpha value is -2.29. The van der Waals surface area contributed by atoms with Gasteiger partial charge in [0.2, 0.25) is 5.88 Å². The van der Waals surface area contributed by atoms with Gasteiger partial charge in [0, 0.05) is 32.0 Å². The third kappa shape index (κ3) is 2.88. The number of anilines is 1. The summed E-state index contributed by atoms with van der Waals surface area (Å²) in [5.74, 6) is 0.422. The van der Waals surface area contributed by atoms with Gasteiger partial charge in [0.05, 0.1) is 18.3 Å². The molecule has 1 spiro atoms. The number of hydrogen-bond donors (Lipinski definition) is 0. The minimum absolute atomic E-state index is 0.0452. The summed E-state index contributed by atoms with van der Waals surface area (Å²) in [6, 6.07) is 0.129. The fourth-order valence-electron chi connectivity index (χ4n) is 6.00. The van der Waals surface area contributed by atoms with Crippen LogP contribution in [0.4, 0.5) is 14.6 Å². The minimum atomic E-state index is -0.831. The maximum Gasteiger partial charge on any atom is 0.319 e. The van der Waals surface area contributed by atoms with Gasteiger partial charge < -0.3 is 14.4 Å². The summed E-state index contributed by atoms with van der Waals surface area (Å²) in [7, 11) is 2.01. The van der Waals surface area contributed by atoms with Gasteiger partial charge in [-0.1, -0.05) is 0 Å². The molecule has 0 unspecified atom stereocenters. The molecule has 3 aliphatic heterocycles. The lowest BCUT2D eigenvalue weighted by Crippen LogP contribution is -2.54. The van der Waals surface area contributed by atoms with Crippen molar-refractivity contribution < 1.29 is 18.3 Å². The zero-order valence-corrected chi connectivity index (χ0v) is 17.7. The lowest BCUT2D eigenvalue weighted by atomic mass is 9.73. The molecule has 4 aliphatic rings. The van der Waals surface area contributed by atoms with Crippen molar-refractivity contribution in [3.63, 3.8) is 0 Å². The van der Waals surface area contributed by atoms with E-state index in [1.165, 1.54) is 0 Å². The van der Waals surface area contributed by atoms with Gasteiger partial charge in [0.25, 0.3) is 0 Å². The molecule has 5 heterocycles. The zero-order chi connectivity index (χ0) is 21.2. The van der Waals surface area contributed by atoms with E-state index in [2.05, 4.69) is 19.8 Å². The molecule has 0 aromatic carbocycles.